The summed E-state index contributed by atoms with van der Waals surface area (Å²) in [6.45, 7) is 1.50. The van der Waals surface area contributed by atoms with E-state index in [-0.39, 0.29) is 36.5 Å². The van der Waals surface area contributed by atoms with E-state index in [1.54, 1.807) is 17.0 Å². The molecule has 2 amide bonds. The van der Waals surface area contributed by atoms with Gasteiger partial charge in [0.25, 0.3) is 5.91 Å². The third kappa shape index (κ3) is 4.34. The number of aromatic nitrogens is 1. The van der Waals surface area contributed by atoms with Crippen LogP contribution in [0.5, 0.6) is 0 Å². The van der Waals surface area contributed by atoms with Gasteiger partial charge in [-0.3, -0.25) is 9.59 Å². The molecule has 3 atom stereocenters. The number of aliphatic hydroxyl groups is 1. The lowest BCUT2D eigenvalue weighted by Crippen LogP contribution is -2.57. The van der Waals surface area contributed by atoms with Crippen LogP contribution in [0.4, 0.5) is 0 Å². The second kappa shape index (κ2) is 8.79. The van der Waals surface area contributed by atoms with E-state index in [2.05, 4.69) is 10.3 Å². The monoisotopic (exact) mass is 381 g/mol. The summed E-state index contributed by atoms with van der Waals surface area (Å²) in [6.07, 6.45) is 4.04. The molecule has 3 rings (SSSR count). The summed E-state index contributed by atoms with van der Waals surface area (Å²) in [5, 5.41) is 12.2. The van der Waals surface area contributed by atoms with Gasteiger partial charge >= 0.3 is 0 Å². The molecule has 142 valence electrons. The predicted molar refractivity (Wildman–Crippen MR) is 95.9 cm³/mol. The van der Waals surface area contributed by atoms with Gasteiger partial charge in [0, 0.05) is 31.8 Å². The van der Waals surface area contributed by atoms with Gasteiger partial charge in [-0.2, -0.15) is 0 Å². The lowest BCUT2D eigenvalue weighted by atomic mass is 9.81. The SMILES string of the molecule is O=C(NCCCO)[C@H]1CC[C@H]2OCCN(C(=O)c3ccc(Cl)cn3)[C@@H]2C1. The van der Waals surface area contributed by atoms with E-state index in [1.807, 2.05) is 0 Å². The van der Waals surface area contributed by atoms with Crippen LogP contribution >= 0.6 is 11.6 Å². The molecule has 0 unspecified atom stereocenters. The number of halogens is 1. The number of amides is 2. The summed E-state index contributed by atoms with van der Waals surface area (Å²) in [5.41, 5.74) is 0.351. The van der Waals surface area contributed by atoms with Gasteiger partial charge in [0.15, 0.2) is 0 Å². The van der Waals surface area contributed by atoms with Crippen molar-refractivity contribution in [3.63, 3.8) is 0 Å². The van der Waals surface area contributed by atoms with Crippen molar-refractivity contribution in [2.45, 2.75) is 37.8 Å². The first-order valence-corrected chi connectivity index (χ1v) is 9.40. The molecule has 2 fully saturated rings. The van der Waals surface area contributed by atoms with E-state index in [0.717, 1.165) is 12.8 Å². The number of carbonyl (C=O) groups excluding carboxylic acids is 2. The van der Waals surface area contributed by atoms with E-state index < -0.39 is 0 Å². The van der Waals surface area contributed by atoms with Crippen LogP contribution in [0.15, 0.2) is 18.3 Å². The number of nitrogens with zero attached hydrogens (tertiary/aromatic N) is 2. The van der Waals surface area contributed by atoms with Crippen LogP contribution in [-0.4, -0.2) is 65.3 Å². The molecule has 1 aliphatic heterocycles. The predicted octanol–water partition coefficient (Wildman–Crippen LogP) is 1.24. The standard InChI is InChI=1S/C18H24ClN3O4/c19-13-3-4-14(21-11-13)18(25)22-7-9-26-16-5-2-12(10-15(16)22)17(24)20-6-1-8-23/h3-4,11-12,15-16,23H,1-2,5-10H2,(H,20,24)/t12-,15+,16+/m0/s1. The summed E-state index contributed by atoms with van der Waals surface area (Å²) in [5.74, 6) is -0.314. The number of hydrogen-bond donors (Lipinski definition) is 2. The van der Waals surface area contributed by atoms with Crippen molar-refractivity contribution < 1.29 is 19.4 Å². The highest BCUT2D eigenvalue weighted by Crippen LogP contribution is 2.33. The van der Waals surface area contributed by atoms with Crippen LogP contribution < -0.4 is 5.32 Å². The maximum atomic E-state index is 12.9. The molecule has 1 saturated carbocycles. The average Bonchev–Trinajstić information content (AvgIpc) is 2.67. The molecule has 1 aromatic rings. The summed E-state index contributed by atoms with van der Waals surface area (Å²) < 4.78 is 5.84. The van der Waals surface area contributed by atoms with Gasteiger partial charge in [0.2, 0.25) is 5.91 Å². The van der Waals surface area contributed by atoms with Crippen molar-refractivity contribution in [3.05, 3.63) is 29.0 Å². The molecule has 0 spiro atoms. The Bertz CT molecular complexity index is 640. The number of fused-ring (bicyclic) bond motifs is 1. The number of nitrogens with one attached hydrogen (secondary N) is 1. The summed E-state index contributed by atoms with van der Waals surface area (Å²) in [4.78, 5) is 31.2. The Morgan fingerprint density at radius 1 is 1.38 bits per heavy atom. The summed E-state index contributed by atoms with van der Waals surface area (Å²) in [7, 11) is 0. The lowest BCUT2D eigenvalue weighted by Gasteiger charge is -2.45. The van der Waals surface area contributed by atoms with Crippen LogP contribution in [0, 0.1) is 5.92 Å². The van der Waals surface area contributed by atoms with E-state index in [0.29, 0.717) is 43.3 Å². The fourth-order valence-electron chi connectivity index (χ4n) is 3.68. The van der Waals surface area contributed by atoms with Gasteiger partial charge in [-0.15, -0.1) is 0 Å². The van der Waals surface area contributed by atoms with Crippen molar-refractivity contribution in [2.24, 2.45) is 5.92 Å². The van der Waals surface area contributed by atoms with Gasteiger partial charge in [-0.1, -0.05) is 11.6 Å². The zero-order valence-corrected chi connectivity index (χ0v) is 15.3. The first-order chi connectivity index (χ1) is 12.6. The van der Waals surface area contributed by atoms with Gasteiger partial charge in [0.05, 0.1) is 23.8 Å². The molecule has 26 heavy (non-hydrogen) atoms. The molecule has 1 saturated heterocycles. The molecule has 1 aliphatic carbocycles. The Hall–Kier alpha value is -1.70. The smallest absolute Gasteiger partial charge is 0.272 e. The van der Waals surface area contributed by atoms with Crippen LogP contribution in [0.1, 0.15) is 36.2 Å². The summed E-state index contributed by atoms with van der Waals surface area (Å²) >= 11 is 5.85. The average molecular weight is 382 g/mol. The van der Waals surface area contributed by atoms with E-state index in [9.17, 15) is 9.59 Å². The molecule has 2 N–H and O–H groups in total. The van der Waals surface area contributed by atoms with E-state index in [4.69, 9.17) is 21.4 Å². The highest BCUT2D eigenvalue weighted by molar-refractivity contribution is 6.30. The highest BCUT2D eigenvalue weighted by Gasteiger charge is 2.42. The molecular weight excluding hydrogens is 358 g/mol. The minimum Gasteiger partial charge on any atom is -0.396 e. The van der Waals surface area contributed by atoms with E-state index in [1.165, 1.54) is 6.20 Å². The quantitative estimate of drug-likeness (QED) is 0.749. The van der Waals surface area contributed by atoms with Gasteiger partial charge in [0.1, 0.15) is 5.69 Å². The second-order valence-corrected chi connectivity index (χ2v) is 7.15. The number of ether oxygens (including phenoxy) is 1. The van der Waals surface area contributed by atoms with Crippen LogP contribution in [0.25, 0.3) is 0 Å². The first-order valence-electron chi connectivity index (χ1n) is 9.03. The fraction of sp³-hybridized carbons (Fsp3) is 0.611. The Labute approximate surface area is 157 Å². The van der Waals surface area contributed by atoms with Crippen LogP contribution in [0.3, 0.4) is 0 Å². The Morgan fingerprint density at radius 2 is 2.23 bits per heavy atom. The third-order valence-electron chi connectivity index (χ3n) is 5.03. The molecule has 0 aromatic carbocycles. The maximum Gasteiger partial charge on any atom is 0.272 e. The van der Waals surface area contributed by atoms with Crippen molar-refractivity contribution in [3.8, 4) is 0 Å². The number of carbonyl (C=O) groups is 2. The second-order valence-electron chi connectivity index (χ2n) is 6.71. The Balaban J connectivity index is 1.68. The molecule has 2 heterocycles. The molecular formula is C18H24ClN3O4. The van der Waals surface area contributed by atoms with Crippen molar-refractivity contribution in [1.82, 2.24) is 15.2 Å². The normalized spacial score (nSPS) is 25.5. The number of pyridine rings is 1. The Morgan fingerprint density at radius 3 is 2.96 bits per heavy atom. The number of aliphatic hydroxyl groups excluding tert-OH is 1. The minimum absolute atomic E-state index is 0.0144. The maximum absolute atomic E-state index is 12.9. The molecule has 0 bridgehead atoms. The van der Waals surface area contributed by atoms with E-state index >= 15 is 0 Å². The van der Waals surface area contributed by atoms with Gasteiger partial charge < -0.3 is 20.1 Å². The summed E-state index contributed by atoms with van der Waals surface area (Å²) in [6, 6.07) is 3.14. The zero-order valence-electron chi connectivity index (χ0n) is 14.6. The largest absolute Gasteiger partial charge is 0.396 e. The van der Waals surface area contributed by atoms with Crippen LogP contribution in [-0.2, 0) is 9.53 Å². The van der Waals surface area contributed by atoms with Crippen molar-refractivity contribution in [1.29, 1.82) is 0 Å². The topological polar surface area (TPSA) is 91.8 Å². The molecule has 1 aromatic heterocycles. The number of rotatable bonds is 5. The van der Waals surface area contributed by atoms with Crippen molar-refractivity contribution in [2.75, 3.05) is 26.3 Å². The van der Waals surface area contributed by atoms with Crippen LogP contribution in [0.2, 0.25) is 5.02 Å². The Kier molecular flexibility index (Phi) is 6.45. The third-order valence-corrected chi connectivity index (χ3v) is 5.26. The molecule has 8 heteroatoms. The highest BCUT2D eigenvalue weighted by atomic mass is 35.5. The number of morpholine rings is 1. The molecule has 2 aliphatic rings. The fourth-order valence-corrected chi connectivity index (χ4v) is 3.80. The molecule has 7 nitrogen and oxygen atoms in total. The van der Waals surface area contributed by atoms with Crippen molar-refractivity contribution >= 4 is 23.4 Å². The number of hydrogen-bond acceptors (Lipinski definition) is 5. The van der Waals surface area contributed by atoms with Gasteiger partial charge in [-0.25, -0.2) is 4.98 Å². The lowest BCUT2D eigenvalue weighted by molar-refractivity contribution is -0.131. The zero-order chi connectivity index (χ0) is 18.5. The minimum atomic E-state index is -0.152. The van der Waals surface area contributed by atoms with Gasteiger partial charge in [-0.05, 0) is 37.8 Å². The first kappa shape index (κ1) is 19.1. The molecule has 0 radical (unpaired) electrons.